The van der Waals surface area contributed by atoms with E-state index in [1.165, 1.54) is 34.9 Å². The molecule has 2 rings (SSSR count). The van der Waals surface area contributed by atoms with Gasteiger partial charge in [0.05, 0.1) is 23.1 Å². The molecule has 0 amide bonds. The molecule has 0 radical (unpaired) electrons. The summed E-state index contributed by atoms with van der Waals surface area (Å²) >= 11 is 4.56. The van der Waals surface area contributed by atoms with Crippen LogP contribution in [0.5, 0.6) is 0 Å². The maximum Gasteiger partial charge on any atom is 0.304 e. The van der Waals surface area contributed by atoms with Gasteiger partial charge in [0.2, 0.25) is 0 Å². The molecule has 5 nitrogen and oxygen atoms in total. The van der Waals surface area contributed by atoms with Gasteiger partial charge in [0.1, 0.15) is 0 Å². The highest BCUT2D eigenvalue weighted by molar-refractivity contribution is 8.16. The highest BCUT2D eigenvalue weighted by Gasteiger charge is 2.15. The second kappa shape index (κ2) is 11.9. The van der Waals surface area contributed by atoms with Crippen LogP contribution in [0.25, 0.3) is 0 Å². The van der Waals surface area contributed by atoms with Crippen molar-refractivity contribution in [2.45, 2.75) is 37.2 Å². The maximum atomic E-state index is 10.8. The summed E-state index contributed by atoms with van der Waals surface area (Å²) in [6, 6.07) is 7.80. The van der Waals surface area contributed by atoms with E-state index >= 15 is 0 Å². The van der Waals surface area contributed by atoms with Gasteiger partial charge in [-0.15, -0.1) is 34.9 Å². The Balaban J connectivity index is 2.13. The topological polar surface area (TPSA) is 87.5 Å². The van der Waals surface area contributed by atoms with E-state index in [4.69, 9.17) is 10.2 Å². The zero-order chi connectivity index (χ0) is 21.2. The van der Waals surface area contributed by atoms with E-state index in [1.54, 1.807) is 0 Å². The summed E-state index contributed by atoms with van der Waals surface area (Å²) in [5.41, 5.74) is 2.90. The van der Waals surface area contributed by atoms with Gasteiger partial charge >= 0.3 is 11.9 Å². The highest BCUT2D eigenvalue weighted by Crippen LogP contribution is 2.40. The van der Waals surface area contributed by atoms with Crippen LogP contribution in [-0.4, -0.2) is 38.6 Å². The quantitative estimate of drug-likeness (QED) is 0.386. The molecule has 2 aromatic rings. The Hall–Kier alpha value is -1.95. The molecule has 0 saturated heterocycles. The Morgan fingerprint density at radius 2 is 1.76 bits per heavy atom. The van der Waals surface area contributed by atoms with Gasteiger partial charge in [-0.2, -0.15) is 0 Å². The lowest BCUT2D eigenvalue weighted by Crippen LogP contribution is -2.01. The van der Waals surface area contributed by atoms with E-state index in [1.807, 2.05) is 29.6 Å². The Morgan fingerprint density at radius 3 is 2.31 bits per heavy atom. The highest BCUT2D eigenvalue weighted by atomic mass is 32.2. The number of hydrogen-bond acceptors (Lipinski definition) is 6. The number of benzene rings is 1. The van der Waals surface area contributed by atoms with Crippen molar-refractivity contribution in [2.75, 3.05) is 11.5 Å². The zero-order valence-electron chi connectivity index (χ0n) is 16.3. The summed E-state index contributed by atoms with van der Waals surface area (Å²) in [7, 11) is 0. The molecule has 0 aliphatic carbocycles. The average Bonchev–Trinajstić information content (AvgIpc) is 3.14. The molecule has 0 atom stereocenters. The lowest BCUT2D eigenvalue weighted by atomic mass is 10.1. The Labute approximate surface area is 183 Å². The van der Waals surface area contributed by atoms with Crippen LogP contribution in [0.4, 0.5) is 0 Å². The molecule has 1 aromatic carbocycles. The predicted molar refractivity (Wildman–Crippen MR) is 121 cm³/mol. The van der Waals surface area contributed by atoms with Gasteiger partial charge < -0.3 is 10.2 Å². The van der Waals surface area contributed by atoms with Crippen molar-refractivity contribution in [1.82, 2.24) is 4.98 Å². The van der Waals surface area contributed by atoms with Crippen LogP contribution in [0, 0.1) is 11.8 Å². The van der Waals surface area contributed by atoms with Crippen LogP contribution in [0.2, 0.25) is 0 Å². The first-order valence-electron chi connectivity index (χ1n) is 9.09. The molecule has 1 aromatic heterocycles. The number of nitrogens with zero attached hydrogens (tertiary/aromatic N) is 1. The normalized spacial score (nSPS) is 10.8. The molecular weight excluding hydrogens is 426 g/mol. The van der Waals surface area contributed by atoms with E-state index in [0.29, 0.717) is 17.4 Å². The summed E-state index contributed by atoms with van der Waals surface area (Å²) in [6.07, 6.45) is 0.144. The van der Waals surface area contributed by atoms with Gasteiger partial charge in [-0.05, 0) is 29.5 Å². The second-order valence-corrected chi connectivity index (χ2v) is 10.1. The minimum Gasteiger partial charge on any atom is -0.481 e. The summed E-state index contributed by atoms with van der Waals surface area (Å²) < 4.78 is -0.0390. The number of thioether (sulfide) groups is 2. The molecule has 1 heterocycles. The van der Waals surface area contributed by atoms with Crippen LogP contribution in [-0.2, 0) is 9.59 Å². The van der Waals surface area contributed by atoms with Crippen molar-refractivity contribution in [1.29, 1.82) is 0 Å². The van der Waals surface area contributed by atoms with Gasteiger partial charge in [-0.3, -0.25) is 9.59 Å². The number of carboxylic acid groups (broad SMARTS) is 2. The first-order valence-corrected chi connectivity index (χ1v) is 12.1. The Bertz CT molecular complexity index is 879. The van der Waals surface area contributed by atoms with E-state index in [9.17, 15) is 9.59 Å². The molecule has 29 heavy (non-hydrogen) atoms. The summed E-state index contributed by atoms with van der Waals surface area (Å²) in [5.74, 6) is 5.88. The lowest BCUT2D eigenvalue weighted by Gasteiger charge is -2.16. The van der Waals surface area contributed by atoms with Gasteiger partial charge in [0.15, 0.2) is 5.01 Å². The Morgan fingerprint density at radius 1 is 1.10 bits per heavy atom. The van der Waals surface area contributed by atoms with E-state index in [-0.39, 0.29) is 17.4 Å². The molecule has 0 aliphatic heterocycles. The number of rotatable bonds is 10. The molecule has 2 N–H and O–H groups in total. The van der Waals surface area contributed by atoms with Crippen molar-refractivity contribution in [3.63, 3.8) is 0 Å². The van der Waals surface area contributed by atoms with Crippen LogP contribution in [0.1, 0.15) is 59.0 Å². The molecule has 0 aliphatic rings. The number of thiazole rings is 1. The lowest BCUT2D eigenvalue weighted by molar-refractivity contribution is -0.137. The first kappa shape index (κ1) is 23.3. The van der Waals surface area contributed by atoms with Gasteiger partial charge in [0.25, 0.3) is 0 Å². The third-order valence-electron chi connectivity index (χ3n) is 3.76. The first-order chi connectivity index (χ1) is 13.8. The fourth-order valence-corrected chi connectivity index (χ4v) is 5.72. The van der Waals surface area contributed by atoms with E-state index in [0.717, 1.165) is 21.8 Å². The predicted octanol–water partition coefficient (Wildman–Crippen LogP) is 5.08. The van der Waals surface area contributed by atoms with Crippen molar-refractivity contribution in [2.24, 2.45) is 0 Å². The minimum atomic E-state index is -0.837. The fourth-order valence-electron chi connectivity index (χ4n) is 2.24. The van der Waals surface area contributed by atoms with Crippen LogP contribution in [0.15, 0.2) is 29.6 Å². The number of carboxylic acids is 2. The van der Waals surface area contributed by atoms with Gasteiger partial charge in [0, 0.05) is 22.4 Å². The largest absolute Gasteiger partial charge is 0.481 e. The number of carbonyl (C=O) groups is 2. The van der Waals surface area contributed by atoms with Crippen molar-refractivity contribution >= 4 is 46.8 Å². The molecule has 0 saturated carbocycles. The summed E-state index contributed by atoms with van der Waals surface area (Å²) in [4.78, 5) is 26.2. The standard InChI is InChI=1S/C21H23NO4S3/c1-14(2)17-13-29-18(22-17)7-6-15-4-3-5-16(12-15)21(27-10-8-19(23)24)28-11-9-20(25)26/h3-5,12-14,21H,8-11H2,1-2H3,(H,23,24)(H,25,26). The fraction of sp³-hybridized carbons (Fsp3) is 0.381. The molecule has 0 unspecified atom stereocenters. The van der Waals surface area contributed by atoms with Crippen molar-refractivity contribution in [3.8, 4) is 11.8 Å². The number of hydrogen-bond donors (Lipinski definition) is 2. The van der Waals surface area contributed by atoms with Crippen molar-refractivity contribution < 1.29 is 19.8 Å². The molecule has 0 spiro atoms. The zero-order valence-corrected chi connectivity index (χ0v) is 18.7. The summed E-state index contributed by atoms with van der Waals surface area (Å²) in [5, 5.41) is 20.6. The maximum absolute atomic E-state index is 10.8. The van der Waals surface area contributed by atoms with Gasteiger partial charge in [-0.1, -0.05) is 31.9 Å². The molecular formula is C21H23NO4S3. The monoisotopic (exact) mass is 449 g/mol. The molecule has 0 bridgehead atoms. The van der Waals surface area contributed by atoms with E-state index < -0.39 is 11.9 Å². The minimum absolute atomic E-state index is 0.0390. The van der Waals surface area contributed by atoms with Crippen LogP contribution >= 0.6 is 34.9 Å². The van der Waals surface area contributed by atoms with E-state index in [2.05, 4.69) is 30.7 Å². The number of aliphatic carboxylic acids is 2. The molecule has 8 heteroatoms. The second-order valence-electron chi connectivity index (χ2n) is 6.47. The molecule has 154 valence electrons. The van der Waals surface area contributed by atoms with Gasteiger partial charge in [-0.25, -0.2) is 4.98 Å². The van der Waals surface area contributed by atoms with Crippen molar-refractivity contribution in [3.05, 3.63) is 51.5 Å². The average molecular weight is 450 g/mol. The number of aromatic nitrogens is 1. The summed E-state index contributed by atoms with van der Waals surface area (Å²) in [6.45, 7) is 4.19. The van der Waals surface area contributed by atoms with Crippen LogP contribution in [0.3, 0.4) is 0 Å². The van der Waals surface area contributed by atoms with Crippen LogP contribution < -0.4 is 0 Å². The molecule has 0 fully saturated rings. The Kier molecular flexibility index (Phi) is 9.58. The third kappa shape index (κ3) is 8.52. The SMILES string of the molecule is CC(C)c1csc(C#Cc2cccc(C(SCCC(=O)O)SCCC(=O)O)c2)n1. The third-order valence-corrected chi connectivity index (χ3v) is 7.38. The smallest absolute Gasteiger partial charge is 0.304 e.